The molecule has 0 bridgehead atoms. The molecule has 0 heterocycles. The van der Waals surface area contributed by atoms with Crippen molar-refractivity contribution in [2.45, 2.75) is 26.1 Å². The van der Waals surface area contributed by atoms with Gasteiger partial charge in [0.25, 0.3) is 5.91 Å². The van der Waals surface area contributed by atoms with E-state index < -0.39 is 5.97 Å². The Bertz CT molecular complexity index is 940. The number of rotatable bonds is 9. The monoisotopic (exact) mass is 403 g/mol. The van der Waals surface area contributed by atoms with Gasteiger partial charge >= 0.3 is 5.97 Å². The average Bonchev–Trinajstić information content (AvgIpc) is 2.81. The van der Waals surface area contributed by atoms with Crippen LogP contribution in [0.3, 0.4) is 0 Å². The Morgan fingerprint density at radius 2 is 1.67 bits per heavy atom. The fourth-order valence-corrected chi connectivity index (χ4v) is 2.85. The van der Waals surface area contributed by atoms with Crippen molar-refractivity contribution < 1.29 is 19.1 Å². The Morgan fingerprint density at radius 3 is 2.33 bits per heavy atom. The maximum Gasteiger partial charge on any atom is 0.325 e. The maximum absolute atomic E-state index is 12.0. The summed E-state index contributed by atoms with van der Waals surface area (Å²) in [4.78, 5) is 23.8. The number of nitrogens with one attached hydrogen (secondary N) is 1. The molecule has 0 aromatic heterocycles. The molecule has 5 nitrogen and oxygen atoms in total. The minimum atomic E-state index is -0.480. The molecule has 1 aliphatic rings. The van der Waals surface area contributed by atoms with Crippen molar-refractivity contribution in [3.63, 3.8) is 0 Å². The second-order valence-electron chi connectivity index (χ2n) is 6.86. The zero-order chi connectivity index (χ0) is 21.2. The van der Waals surface area contributed by atoms with Crippen LogP contribution in [0.15, 0.2) is 78.9 Å². The zero-order valence-corrected chi connectivity index (χ0v) is 16.8. The number of benzene rings is 2. The van der Waals surface area contributed by atoms with Crippen molar-refractivity contribution in [3.8, 4) is 5.75 Å². The van der Waals surface area contributed by atoms with E-state index in [1.165, 1.54) is 0 Å². The average molecular weight is 403 g/mol. The summed E-state index contributed by atoms with van der Waals surface area (Å²) in [6.07, 6.45) is 9.15. The van der Waals surface area contributed by atoms with E-state index in [-0.39, 0.29) is 19.1 Å². The largest absolute Gasteiger partial charge is 0.489 e. The molecular weight excluding hydrogens is 378 g/mol. The smallest absolute Gasteiger partial charge is 0.325 e. The summed E-state index contributed by atoms with van der Waals surface area (Å²) in [5.74, 6) is -0.00507. The summed E-state index contributed by atoms with van der Waals surface area (Å²) >= 11 is 0. The van der Waals surface area contributed by atoms with Crippen molar-refractivity contribution in [3.05, 3.63) is 95.6 Å². The molecule has 0 saturated carbocycles. The second-order valence-corrected chi connectivity index (χ2v) is 6.86. The van der Waals surface area contributed by atoms with Gasteiger partial charge in [-0.3, -0.25) is 9.59 Å². The van der Waals surface area contributed by atoms with E-state index in [2.05, 4.69) is 11.9 Å². The van der Waals surface area contributed by atoms with Crippen LogP contribution < -0.4 is 10.1 Å². The Labute approximate surface area is 176 Å². The highest BCUT2D eigenvalue weighted by atomic mass is 16.5. The van der Waals surface area contributed by atoms with Crippen molar-refractivity contribution in [1.82, 2.24) is 5.32 Å². The van der Waals surface area contributed by atoms with E-state index in [9.17, 15) is 9.59 Å². The summed E-state index contributed by atoms with van der Waals surface area (Å²) in [6.45, 7) is 4.19. The molecule has 0 spiro atoms. The maximum atomic E-state index is 12.0. The normalized spacial score (nSPS) is 12.6. The number of ether oxygens (including phenoxy) is 2. The van der Waals surface area contributed by atoms with Crippen LogP contribution in [-0.2, 0) is 27.5 Å². The standard InChI is InChI=1S/C25H25NO4/c1-2-19-8-10-20(11-9-19)17-29-23-14-12-21(13-15-23)18-30-24(27)16-26-25(28)22-6-4-3-5-7-22/h2,4,6-15H,1,3,5,16-18H2,(H,26,28). The molecule has 0 unspecified atom stereocenters. The number of hydrogen-bond acceptors (Lipinski definition) is 4. The van der Waals surface area contributed by atoms with E-state index in [0.717, 1.165) is 35.3 Å². The molecule has 154 valence electrons. The van der Waals surface area contributed by atoms with Gasteiger partial charge in [-0.15, -0.1) is 0 Å². The van der Waals surface area contributed by atoms with Crippen molar-refractivity contribution in [2.24, 2.45) is 0 Å². The number of carbonyl (C=O) groups is 2. The Morgan fingerprint density at radius 1 is 0.967 bits per heavy atom. The highest BCUT2D eigenvalue weighted by Gasteiger charge is 2.11. The third-order valence-electron chi connectivity index (χ3n) is 4.59. The molecular formula is C25H25NO4. The minimum Gasteiger partial charge on any atom is -0.489 e. The highest BCUT2D eigenvalue weighted by molar-refractivity contribution is 5.97. The number of amides is 1. The van der Waals surface area contributed by atoms with Crippen molar-refractivity contribution in [2.75, 3.05) is 6.54 Å². The van der Waals surface area contributed by atoms with E-state index >= 15 is 0 Å². The lowest BCUT2D eigenvalue weighted by molar-refractivity contribution is -0.144. The van der Waals surface area contributed by atoms with E-state index in [1.54, 1.807) is 12.2 Å². The third-order valence-corrected chi connectivity index (χ3v) is 4.59. The molecule has 0 atom stereocenters. The lowest BCUT2D eigenvalue weighted by Crippen LogP contribution is -2.31. The predicted octanol–water partition coefficient (Wildman–Crippen LogP) is 4.34. The first-order valence-corrected chi connectivity index (χ1v) is 9.87. The molecule has 1 N–H and O–H groups in total. The Balaban J connectivity index is 1.38. The first-order valence-electron chi connectivity index (χ1n) is 9.87. The van der Waals surface area contributed by atoms with Gasteiger partial charge in [-0.1, -0.05) is 67.3 Å². The van der Waals surface area contributed by atoms with Crippen LogP contribution in [0.5, 0.6) is 5.75 Å². The molecule has 3 rings (SSSR count). The van der Waals surface area contributed by atoms with Crippen LogP contribution >= 0.6 is 0 Å². The van der Waals surface area contributed by atoms with Gasteiger partial charge in [0.05, 0.1) is 0 Å². The summed E-state index contributed by atoms with van der Waals surface area (Å²) < 4.78 is 11.0. The van der Waals surface area contributed by atoms with Crippen LogP contribution in [0.1, 0.15) is 29.5 Å². The lowest BCUT2D eigenvalue weighted by atomic mass is 10.1. The van der Waals surface area contributed by atoms with Gasteiger partial charge in [0.1, 0.15) is 25.5 Å². The SMILES string of the molecule is C=Cc1ccc(COc2ccc(COC(=O)CNC(=O)C3=CCCC=C3)cc2)cc1. The first kappa shape index (κ1) is 21.1. The van der Waals surface area contributed by atoms with Gasteiger partial charge in [0, 0.05) is 5.57 Å². The van der Waals surface area contributed by atoms with Gasteiger partial charge in [0.2, 0.25) is 0 Å². The van der Waals surface area contributed by atoms with Crippen LogP contribution in [0.4, 0.5) is 0 Å². The van der Waals surface area contributed by atoms with E-state index in [0.29, 0.717) is 12.2 Å². The predicted molar refractivity (Wildman–Crippen MR) is 117 cm³/mol. The summed E-state index contributed by atoms with van der Waals surface area (Å²) in [5.41, 5.74) is 3.57. The summed E-state index contributed by atoms with van der Waals surface area (Å²) in [7, 11) is 0. The summed E-state index contributed by atoms with van der Waals surface area (Å²) in [6, 6.07) is 15.4. The number of hydrogen-bond donors (Lipinski definition) is 1. The van der Waals surface area contributed by atoms with Gasteiger partial charge in [-0.25, -0.2) is 0 Å². The molecule has 1 aliphatic carbocycles. The van der Waals surface area contributed by atoms with Gasteiger partial charge in [-0.05, 0) is 41.7 Å². The van der Waals surface area contributed by atoms with Gasteiger partial charge in [0.15, 0.2) is 0 Å². The van der Waals surface area contributed by atoms with Crippen LogP contribution in [-0.4, -0.2) is 18.4 Å². The molecule has 0 aliphatic heterocycles. The highest BCUT2D eigenvalue weighted by Crippen LogP contribution is 2.15. The molecule has 0 fully saturated rings. The van der Waals surface area contributed by atoms with Gasteiger partial charge in [-0.2, -0.15) is 0 Å². The molecule has 2 aromatic carbocycles. The van der Waals surface area contributed by atoms with E-state index in [4.69, 9.17) is 9.47 Å². The second kappa shape index (κ2) is 10.8. The quantitative estimate of drug-likeness (QED) is 0.633. The summed E-state index contributed by atoms with van der Waals surface area (Å²) in [5, 5.41) is 2.58. The Hall–Kier alpha value is -3.60. The molecule has 0 radical (unpaired) electrons. The Kier molecular flexibility index (Phi) is 7.61. The van der Waals surface area contributed by atoms with Gasteiger partial charge < -0.3 is 14.8 Å². The fourth-order valence-electron chi connectivity index (χ4n) is 2.85. The first-order chi connectivity index (χ1) is 14.6. The van der Waals surface area contributed by atoms with E-state index in [1.807, 2.05) is 60.7 Å². The zero-order valence-electron chi connectivity index (χ0n) is 16.8. The topological polar surface area (TPSA) is 64.6 Å². The number of carbonyl (C=O) groups excluding carboxylic acids is 2. The van der Waals surface area contributed by atoms with Crippen LogP contribution in [0, 0.1) is 0 Å². The molecule has 30 heavy (non-hydrogen) atoms. The van der Waals surface area contributed by atoms with Crippen LogP contribution in [0.25, 0.3) is 6.08 Å². The molecule has 5 heteroatoms. The minimum absolute atomic E-state index is 0.139. The van der Waals surface area contributed by atoms with Crippen molar-refractivity contribution >= 4 is 18.0 Å². The number of esters is 1. The fraction of sp³-hybridized carbons (Fsp3) is 0.200. The molecule has 1 amide bonds. The molecule has 2 aromatic rings. The number of allylic oxidation sites excluding steroid dienone is 2. The lowest BCUT2D eigenvalue weighted by Gasteiger charge is -2.10. The third kappa shape index (κ3) is 6.48. The van der Waals surface area contributed by atoms with Crippen LogP contribution in [0.2, 0.25) is 0 Å². The van der Waals surface area contributed by atoms with Crippen molar-refractivity contribution in [1.29, 1.82) is 0 Å². The molecule has 0 saturated heterocycles.